The van der Waals surface area contributed by atoms with Gasteiger partial charge in [0.2, 0.25) is 0 Å². The fourth-order valence-electron chi connectivity index (χ4n) is 5.70. The zero-order valence-electron chi connectivity index (χ0n) is 23.4. The Morgan fingerprint density at radius 2 is 1.76 bits per heavy atom. The number of imidazole rings is 1. The normalized spacial score (nSPS) is 14.6. The molecule has 0 saturated carbocycles. The minimum absolute atomic E-state index is 0.205. The summed E-state index contributed by atoms with van der Waals surface area (Å²) in [6, 6.07) is 14.0. The van der Waals surface area contributed by atoms with E-state index in [0.717, 1.165) is 101 Å². The van der Waals surface area contributed by atoms with Crippen LogP contribution >= 0.6 is 11.8 Å². The van der Waals surface area contributed by atoms with Gasteiger partial charge in [0.15, 0.2) is 10.7 Å². The number of thioether (sulfide) groups is 1. The van der Waals surface area contributed by atoms with Crippen molar-refractivity contribution in [2.24, 2.45) is 7.05 Å². The van der Waals surface area contributed by atoms with E-state index < -0.39 is 12.1 Å². The third kappa shape index (κ3) is 5.59. The number of benzene rings is 2. The summed E-state index contributed by atoms with van der Waals surface area (Å²) >= 11 is 1.78. The molecule has 6 rings (SSSR count). The predicted octanol–water partition coefficient (Wildman–Crippen LogP) is 7.25. The van der Waals surface area contributed by atoms with Gasteiger partial charge in [-0.1, -0.05) is 36.9 Å². The van der Waals surface area contributed by atoms with Crippen LogP contribution in [-0.4, -0.2) is 49.8 Å². The SMILES string of the molecule is CCc1nc(SCCCN2CCc3cc4nc(C(F)(F)F)oc4cc3CC2)n(C)c1-c1cccc2nc(C)ccc12. The summed E-state index contributed by atoms with van der Waals surface area (Å²) in [7, 11) is 2.10. The minimum Gasteiger partial charge on any atom is -0.433 e. The van der Waals surface area contributed by atoms with E-state index in [-0.39, 0.29) is 11.1 Å². The molecule has 214 valence electrons. The molecule has 1 aliphatic heterocycles. The van der Waals surface area contributed by atoms with Crippen molar-refractivity contribution in [1.82, 2.24) is 24.4 Å². The van der Waals surface area contributed by atoms with Crippen LogP contribution in [0.3, 0.4) is 0 Å². The Bertz CT molecular complexity index is 1680. The van der Waals surface area contributed by atoms with Gasteiger partial charge in [-0.25, -0.2) is 9.97 Å². The highest BCUT2D eigenvalue weighted by atomic mass is 32.2. The Labute approximate surface area is 241 Å². The topological polar surface area (TPSA) is 60.0 Å². The number of aryl methyl sites for hydroxylation is 2. The van der Waals surface area contributed by atoms with Crippen LogP contribution in [-0.2, 0) is 32.5 Å². The van der Waals surface area contributed by atoms with Gasteiger partial charge in [0.05, 0.1) is 16.9 Å². The summed E-state index contributed by atoms with van der Waals surface area (Å²) in [5.41, 5.74) is 7.99. The maximum absolute atomic E-state index is 13.0. The van der Waals surface area contributed by atoms with Crippen molar-refractivity contribution in [3.63, 3.8) is 0 Å². The van der Waals surface area contributed by atoms with Crippen molar-refractivity contribution in [3.8, 4) is 11.3 Å². The summed E-state index contributed by atoms with van der Waals surface area (Å²) in [5, 5.41) is 2.16. The van der Waals surface area contributed by atoms with Gasteiger partial charge in [0.1, 0.15) is 5.52 Å². The quantitative estimate of drug-likeness (QED) is 0.150. The summed E-state index contributed by atoms with van der Waals surface area (Å²) < 4.78 is 46.3. The molecule has 0 bridgehead atoms. The molecule has 2 aromatic carbocycles. The highest BCUT2D eigenvalue weighted by molar-refractivity contribution is 7.99. The molecule has 4 heterocycles. The number of aromatic nitrogens is 4. The molecule has 0 N–H and O–H groups in total. The standard InChI is InChI=1S/C31H32F3N5OS/c1-4-24-28(23-7-5-8-25-22(23)10-9-19(2)35-25)38(3)30(37-24)41-16-6-13-39-14-11-20-17-26-27(18-21(20)12-15-39)40-29(36-26)31(32,33)34/h5,7-10,17-18H,4,6,11-16H2,1-3H3. The maximum Gasteiger partial charge on any atom is 0.468 e. The fraction of sp³-hybridized carbons (Fsp3) is 0.387. The van der Waals surface area contributed by atoms with Gasteiger partial charge in [-0.2, -0.15) is 13.2 Å². The van der Waals surface area contributed by atoms with E-state index in [1.165, 1.54) is 0 Å². The van der Waals surface area contributed by atoms with Crippen LogP contribution in [0.5, 0.6) is 0 Å². The molecular formula is C31H32F3N5OS. The highest BCUT2D eigenvalue weighted by Crippen LogP contribution is 2.35. The summed E-state index contributed by atoms with van der Waals surface area (Å²) in [6.45, 7) is 6.85. The van der Waals surface area contributed by atoms with Crippen LogP contribution in [0.15, 0.2) is 52.0 Å². The zero-order valence-corrected chi connectivity index (χ0v) is 24.2. The average Bonchev–Trinajstić information content (AvgIpc) is 3.44. The van der Waals surface area contributed by atoms with Gasteiger partial charge >= 0.3 is 12.1 Å². The molecule has 0 saturated heterocycles. The van der Waals surface area contributed by atoms with Crippen LogP contribution < -0.4 is 0 Å². The number of nitrogens with zero attached hydrogens (tertiary/aromatic N) is 5. The lowest BCUT2D eigenvalue weighted by Crippen LogP contribution is -2.27. The van der Waals surface area contributed by atoms with E-state index in [4.69, 9.17) is 14.4 Å². The molecular weight excluding hydrogens is 547 g/mol. The monoisotopic (exact) mass is 579 g/mol. The second-order valence-corrected chi connectivity index (χ2v) is 11.6. The second-order valence-electron chi connectivity index (χ2n) is 10.6. The van der Waals surface area contributed by atoms with Crippen molar-refractivity contribution in [3.05, 3.63) is 70.9 Å². The number of halogens is 3. The average molecular weight is 580 g/mol. The molecule has 0 aliphatic carbocycles. The maximum atomic E-state index is 13.0. The Balaban J connectivity index is 1.09. The van der Waals surface area contributed by atoms with Crippen LogP contribution in [0.1, 0.15) is 41.8 Å². The van der Waals surface area contributed by atoms with Crippen molar-refractivity contribution in [2.75, 3.05) is 25.4 Å². The molecule has 0 atom stereocenters. The largest absolute Gasteiger partial charge is 0.468 e. The van der Waals surface area contributed by atoms with Gasteiger partial charge in [-0.15, -0.1) is 0 Å². The van der Waals surface area contributed by atoms with Gasteiger partial charge in [0, 0.05) is 42.5 Å². The van der Waals surface area contributed by atoms with Gasteiger partial charge in [-0.3, -0.25) is 4.98 Å². The smallest absolute Gasteiger partial charge is 0.433 e. The molecule has 0 radical (unpaired) electrons. The molecule has 0 spiro atoms. The Morgan fingerprint density at radius 3 is 2.51 bits per heavy atom. The Kier molecular flexibility index (Phi) is 7.54. The van der Waals surface area contributed by atoms with Gasteiger partial charge in [-0.05, 0) is 74.5 Å². The Hall–Kier alpha value is -3.37. The Morgan fingerprint density at radius 1 is 0.976 bits per heavy atom. The number of pyridine rings is 1. The van der Waals surface area contributed by atoms with Crippen molar-refractivity contribution in [2.45, 2.75) is 50.9 Å². The number of oxazole rings is 1. The molecule has 0 amide bonds. The van der Waals surface area contributed by atoms with Crippen molar-refractivity contribution < 1.29 is 17.6 Å². The summed E-state index contributed by atoms with van der Waals surface area (Å²) in [6.07, 6.45) is -1.14. The third-order valence-corrected chi connectivity index (χ3v) is 8.90. The highest BCUT2D eigenvalue weighted by Gasteiger charge is 2.37. The molecule has 41 heavy (non-hydrogen) atoms. The van der Waals surface area contributed by atoms with E-state index in [1.54, 1.807) is 23.9 Å². The van der Waals surface area contributed by atoms with E-state index in [2.05, 4.69) is 58.8 Å². The summed E-state index contributed by atoms with van der Waals surface area (Å²) in [4.78, 5) is 15.8. The number of hydrogen-bond donors (Lipinski definition) is 0. The first-order valence-electron chi connectivity index (χ1n) is 14.0. The molecule has 10 heteroatoms. The molecule has 0 fully saturated rings. The molecule has 0 unspecified atom stereocenters. The van der Waals surface area contributed by atoms with Crippen LogP contribution in [0.4, 0.5) is 13.2 Å². The number of fused-ring (bicyclic) bond motifs is 3. The van der Waals surface area contributed by atoms with Gasteiger partial charge in [0.25, 0.3) is 0 Å². The predicted molar refractivity (Wildman–Crippen MR) is 156 cm³/mol. The molecule has 3 aromatic heterocycles. The lowest BCUT2D eigenvalue weighted by atomic mass is 10.0. The first-order valence-corrected chi connectivity index (χ1v) is 15.0. The zero-order chi connectivity index (χ0) is 28.7. The summed E-state index contributed by atoms with van der Waals surface area (Å²) in [5.74, 6) is -0.230. The minimum atomic E-state index is -4.58. The van der Waals surface area contributed by atoms with Crippen molar-refractivity contribution >= 4 is 33.8 Å². The van der Waals surface area contributed by atoms with Crippen LogP contribution in [0, 0.1) is 6.92 Å². The number of rotatable bonds is 7. The van der Waals surface area contributed by atoms with E-state index in [0.29, 0.717) is 0 Å². The van der Waals surface area contributed by atoms with Gasteiger partial charge < -0.3 is 13.9 Å². The van der Waals surface area contributed by atoms with Crippen molar-refractivity contribution in [1.29, 1.82) is 0 Å². The lowest BCUT2D eigenvalue weighted by molar-refractivity contribution is -0.156. The molecule has 5 aromatic rings. The van der Waals surface area contributed by atoms with E-state index >= 15 is 0 Å². The van der Waals surface area contributed by atoms with Crippen LogP contribution in [0.2, 0.25) is 0 Å². The number of hydrogen-bond acceptors (Lipinski definition) is 6. The van der Waals surface area contributed by atoms with E-state index in [1.807, 2.05) is 6.92 Å². The fourth-order valence-corrected chi connectivity index (χ4v) is 6.61. The molecule has 6 nitrogen and oxygen atoms in total. The lowest BCUT2D eigenvalue weighted by Gasteiger charge is -2.19. The second kappa shape index (κ2) is 11.1. The molecule has 1 aliphatic rings. The first kappa shape index (κ1) is 27.8. The third-order valence-electron chi connectivity index (χ3n) is 7.78. The van der Waals surface area contributed by atoms with Crippen LogP contribution in [0.25, 0.3) is 33.3 Å². The number of alkyl halides is 3. The van der Waals surface area contributed by atoms with E-state index in [9.17, 15) is 13.2 Å². The first-order chi connectivity index (χ1) is 19.7.